The first-order chi connectivity index (χ1) is 9.06. The van der Waals surface area contributed by atoms with Gasteiger partial charge in [-0.05, 0) is 44.5 Å². The first-order valence-corrected chi connectivity index (χ1v) is 7.60. The smallest absolute Gasteiger partial charge is 0.120 e. The van der Waals surface area contributed by atoms with Crippen molar-refractivity contribution in [3.8, 4) is 0 Å². The summed E-state index contributed by atoms with van der Waals surface area (Å²) < 4.78 is 5.98. The van der Waals surface area contributed by atoms with Crippen molar-refractivity contribution in [3.63, 3.8) is 0 Å². The van der Waals surface area contributed by atoms with Gasteiger partial charge in [-0.2, -0.15) is 0 Å². The Balaban J connectivity index is 2.60. The Bertz CT molecular complexity index is 352. The second kappa shape index (κ2) is 8.39. The molecule has 0 aliphatic heterocycles. The Labute approximate surface area is 118 Å². The average Bonchev–Trinajstić information content (AvgIpc) is 2.67. The zero-order valence-corrected chi connectivity index (χ0v) is 13.3. The number of nitrogens with one attached hydrogen (secondary N) is 1. The van der Waals surface area contributed by atoms with Gasteiger partial charge in [0, 0.05) is 6.04 Å². The molecule has 0 atom stereocenters. The summed E-state index contributed by atoms with van der Waals surface area (Å²) in [7, 11) is 0. The van der Waals surface area contributed by atoms with Crippen molar-refractivity contribution in [2.24, 2.45) is 0 Å². The lowest BCUT2D eigenvalue weighted by atomic mass is 10.2. The van der Waals surface area contributed by atoms with Gasteiger partial charge in [0.05, 0.1) is 13.1 Å². The molecule has 0 bridgehead atoms. The van der Waals surface area contributed by atoms with Crippen LogP contribution in [0.15, 0.2) is 10.5 Å². The summed E-state index contributed by atoms with van der Waals surface area (Å²) in [6.07, 6.45) is 2.39. The van der Waals surface area contributed by atoms with E-state index in [9.17, 15) is 0 Å². The molecule has 0 radical (unpaired) electrons. The quantitative estimate of drug-likeness (QED) is 0.738. The molecule has 0 saturated heterocycles. The zero-order valence-electron chi connectivity index (χ0n) is 13.3. The van der Waals surface area contributed by atoms with E-state index in [-0.39, 0.29) is 0 Å². The minimum atomic E-state index is 0.490. The zero-order chi connectivity index (χ0) is 14.3. The molecular formula is C16H30N2O. The second-order valence-corrected chi connectivity index (χ2v) is 5.63. The SMILES string of the molecule is CCCN(CCC)Cc1cc(C)c(CNC(C)C)o1. The summed E-state index contributed by atoms with van der Waals surface area (Å²) in [5, 5.41) is 3.41. The summed E-state index contributed by atoms with van der Waals surface area (Å²) in [5.74, 6) is 2.18. The van der Waals surface area contributed by atoms with Crippen molar-refractivity contribution in [2.45, 2.75) is 66.6 Å². The van der Waals surface area contributed by atoms with E-state index in [2.05, 4.69) is 50.9 Å². The van der Waals surface area contributed by atoms with Crippen LogP contribution in [0.25, 0.3) is 0 Å². The van der Waals surface area contributed by atoms with Gasteiger partial charge in [0.2, 0.25) is 0 Å². The summed E-state index contributed by atoms with van der Waals surface area (Å²) in [5.41, 5.74) is 1.26. The minimum Gasteiger partial charge on any atom is -0.463 e. The molecule has 1 N–H and O–H groups in total. The molecule has 0 fully saturated rings. The molecule has 19 heavy (non-hydrogen) atoms. The maximum absolute atomic E-state index is 5.98. The topological polar surface area (TPSA) is 28.4 Å². The lowest BCUT2D eigenvalue weighted by molar-refractivity contribution is 0.241. The molecule has 0 amide bonds. The van der Waals surface area contributed by atoms with Crippen molar-refractivity contribution >= 4 is 0 Å². The molecule has 1 aromatic rings. The van der Waals surface area contributed by atoms with Gasteiger partial charge in [0.15, 0.2) is 0 Å². The highest BCUT2D eigenvalue weighted by Gasteiger charge is 2.11. The molecule has 3 nitrogen and oxygen atoms in total. The third kappa shape index (κ3) is 5.79. The molecule has 1 aromatic heterocycles. The molecule has 0 saturated carbocycles. The van der Waals surface area contributed by atoms with E-state index in [4.69, 9.17) is 4.42 Å². The summed E-state index contributed by atoms with van der Waals surface area (Å²) >= 11 is 0. The van der Waals surface area contributed by atoms with E-state index in [1.54, 1.807) is 0 Å². The van der Waals surface area contributed by atoms with E-state index in [0.29, 0.717) is 6.04 Å². The number of rotatable bonds is 9. The molecule has 0 spiro atoms. The highest BCUT2D eigenvalue weighted by atomic mass is 16.3. The van der Waals surface area contributed by atoms with Crippen LogP contribution in [-0.4, -0.2) is 24.0 Å². The summed E-state index contributed by atoms with van der Waals surface area (Å²) in [4.78, 5) is 2.47. The van der Waals surface area contributed by atoms with Crippen LogP contribution in [0, 0.1) is 6.92 Å². The van der Waals surface area contributed by atoms with E-state index in [0.717, 1.165) is 37.7 Å². The van der Waals surface area contributed by atoms with Gasteiger partial charge in [-0.3, -0.25) is 4.90 Å². The van der Waals surface area contributed by atoms with Gasteiger partial charge in [-0.15, -0.1) is 0 Å². The van der Waals surface area contributed by atoms with Crippen molar-refractivity contribution < 1.29 is 4.42 Å². The van der Waals surface area contributed by atoms with Gasteiger partial charge in [-0.1, -0.05) is 27.7 Å². The number of aryl methyl sites for hydroxylation is 1. The Morgan fingerprint density at radius 1 is 1.21 bits per heavy atom. The van der Waals surface area contributed by atoms with Crippen LogP contribution in [-0.2, 0) is 13.1 Å². The Kier molecular flexibility index (Phi) is 7.17. The summed E-state index contributed by atoms with van der Waals surface area (Å²) in [6.45, 7) is 15.0. The predicted molar refractivity (Wildman–Crippen MR) is 81.3 cm³/mol. The van der Waals surface area contributed by atoms with Crippen LogP contribution < -0.4 is 5.32 Å². The number of hydrogen-bond acceptors (Lipinski definition) is 3. The highest BCUT2D eigenvalue weighted by Crippen LogP contribution is 2.17. The molecule has 0 aliphatic carbocycles. The monoisotopic (exact) mass is 266 g/mol. The Morgan fingerprint density at radius 3 is 2.37 bits per heavy atom. The summed E-state index contributed by atoms with van der Waals surface area (Å²) in [6, 6.07) is 2.68. The van der Waals surface area contributed by atoms with Crippen molar-refractivity contribution in [2.75, 3.05) is 13.1 Å². The molecule has 0 unspecified atom stereocenters. The predicted octanol–water partition coefficient (Wildman–Crippen LogP) is 3.71. The Morgan fingerprint density at radius 2 is 1.84 bits per heavy atom. The Hall–Kier alpha value is -0.800. The minimum absolute atomic E-state index is 0.490. The van der Waals surface area contributed by atoms with E-state index in [1.807, 2.05) is 0 Å². The van der Waals surface area contributed by atoms with Gasteiger partial charge < -0.3 is 9.73 Å². The fourth-order valence-corrected chi connectivity index (χ4v) is 2.26. The van der Waals surface area contributed by atoms with E-state index in [1.165, 1.54) is 18.4 Å². The standard InChI is InChI=1S/C16H30N2O/c1-6-8-18(9-7-2)12-15-10-14(5)16(19-15)11-17-13(3)4/h10,13,17H,6-9,11-12H2,1-5H3. The van der Waals surface area contributed by atoms with Crippen molar-refractivity contribution in [1.82, 2.24) is 10.2 Å². The molecule has 1 rings (SSSR count). The second-order valence-electron chi connectivity index (χ2n) is 5.63. The number of nitrogens with zero attached hydrogens (tertiary/aromatic N) is 1. The molecule has 110 valence electrons. The van der Waals surface area contributed by atoms with E-state index < -0.39 is 0 Å². The van der Waals surface area contributed by atoms with Crippen molar-refractivity contribution in [3.05, 3.63) is 23.2 Å². The van der Waals surface area contributed by atoms with E-state index >= 15 is 0 Å². The molecule has 1 heterocycles. The van der Waals surface area contributed by atoms with Crippen LogP contribution in [0.1, 0.15) is 57.6 Å². The van der Waals surface area contributed by atoms with Gasteiger partial charge in [-0.25, -0.2) is 0 Å². The first kappa shape index (κ1) is 16.3. The van der Waals surface area contributed by atoms with Gasteiger partial charge in [0.25, 0.3) is 0 Å². The highest BCUT2D eigenvalue weighted by molar-refractivity contribution is 5.20. The number of hydrogen-bond donors (Lipinski definition) is 1. The van der Waals surface area contributed by atoms with Crippen LogP contribution in [0.3, 0.4) is 0 Å². The van der Waals surface area contributed by atoms with Gasteiger partial charge in [0.1, 0.15) is 11.5 Å². The lowest BCUT2D eigenvalue weighted by Crippen LogP contribution is -2.24. The van der Waals surface area contributed by atoms with Crippen LogP contribution in [0.2, 0.25) is 0 Å². The molecule has 3 heteroatoms. The third-order valence-electron chi connectivity index (χ3n) is 3.20. The third-order valence-corrected chi connectivity index (χ3v) is 3.20. The van der Waals surface area contributed by atoms with Crippen LogP contribution >= 0.6 is 0 Å². The molecule has 0 aromatic carbocycles. The van der Waals surface area contributed by atoms with Gasteiger partial charge >= 0.3 is 0 Å². The maximum Gasteiger partial charge on any atom is 0.120 e. The van der Waals surface area contributed by atoms with Crippen LogP contribution in [0.4, 0.5) is 0 Å². The lowest BCUT2D eigenvalue weighted by Gasteiger charge is -2.19. The largest absolute Gasteiger partial charge is 0.463 e. The average molecular weight is 266 g/mol. The fourth-order valence-electron chi connectivity index (χ4n) is 2.26. The van der Waals surface area contributed by atoms with Crippen LogP contribution in [0.5, 0.6) is 0 Å². The first-order valence-electron chi connectivity index (χ1n) is 7.60. The number of furan rings is 1. The normalized spacial score (nSPS) is 11.7. The maximum atomic E-state index is 5.98. The fraction of sp³-hybridized carbons (Fsp3) is 0.750. The molecular weight excluding hydrogens is 236 g/mol. The molecule has 0 aliphatic rings. The van der Waals surface area contributed by atoms with Crippen molar-refractivity contribution in [1.29, 1.82) is 0 Å².